The SMILES string of the molecule is OCC1CCCN(CC2OCCc3ccccc32)C1. The normalized spacial score (nSPS) is 28.1. The van der Waals surface area contributed by atoms with Gasteiger partial charge in [0.15, 0.2) is 0 Å². The lowest BCUT2D eigenvalue weighted by Gasteiger charge is -2.36. The number of hydrogen-bond acceptors (Lipinski definition) is 3. The molecule has 1 saturated heterocycles. The predicted octanol–water partition coefficient (Wildman–Crippen LogP) is 2.00. The Balaban J connectivity index is 1.67. The van der Waals surface area contributed by atoms with Gasteiger partial charge >= 0.3 is 0 Å². The van der Waals surface area contributed by atoms with Crippen molar-refractivity contribution in [1.29, 1.82) is 0 Å². The molecule has 3 nitrogen and oxygen atoms in total. The summed E-state index contributed by atoms with van der Waals surface area (Å²) in [4.78, 5) is 2.46. The van der Waals surface area contributed by atoms with Gasteiger partial charge in [-0.1, -0.05) is 24.3 Å². The molecule has 2 atom stereocenters. The molecule has 2 aliphatic heterocycles. The van der Waals surface area contributed by atoms with Gasteiger partial charge in [0.1, 0.15) is 0 Å². The summed E-state index contributed by atoms with van der Waals surface area (Å²) in [6.07, 6.45) is 3.60. The first-order chi connectivity index (χ1) is 9.36. The zero-order valence-corrected chi connectivity index (χ0v) is 11.4. The zero-order chi connectivity index (χ0) is 13.1. The minimum absolute atomic E-state index is 0.211. The quantitative estimate of drug-likeness (QED) is 0.903. The molecule has 3 rings (SSSR count). The molecule has 0 aliphatic carbocycles. The van der Waals surface area contributed by atoms with E-state index < -0.39 is 0 Å². The smallest absolute Gasteiger partial charge is 0.0954 e. The first-order valence-corrected chi connectivity index (χ1v) is 7.39. The third-order valence-electron chi connectivity index (χ3n) is 4.38. The van der Waals surface area contributed by atoms with Crippen LogP contribution in [0.2, 0.25) is 0 Å². The molecule has 104 valence electrons. The van der Waals surface area contributed by atoms with Crippen LogP contribution in [-0.2, 0) is 11.2 Å². The Morgan fingerprint density at radius 3 is 3.11 bits per heavy atom. The molecule has 0 saturated carbocycles. The molecular weight excluding hydrogens is 238 g/mol. The van der Waals surface area contributed by atoms with Crippen molar-refractivity contribution in [3.05, 3.63) is 35.4 Å². The number of likely N-dealkylation sites (tertiary alicyclic amines) is 1. The molecule has 0 radical (unpaired) electrons. The van der Waals surface area contributed by atoms with Crippen molar-refractivity contribution < 1.29 is 9.84 Å². The number of nitrogens with zero attached hydrogens (tertiary/aromatic N) is 1. The van der Waals surface area contributed by atoms with Gasteiger partial charge in [0.2, 0.25) is 0 Å². The lowest BCUT2D eigenvalue weighted by atomic mass is 9.95. The van der Waals surface area contributed by atoms with E-state index in [4.69, 9.17) is 4.74 Å². The summed E-state index contributed by atoms with van der Waals surface area (Å²) in [7, 11) is 0. The second kappa shape index (κ2) is 6.04. The number of piperidine rings is 1. The minimum atomic E-state index is 0.211. The van der Waals surface area contributed by atoms with Gasteiger partial charge in [-0.25, -0.2) is 0 Å². The third kappa shape index (κ3) is 2.99. The van der Waals surface area contributed by atoms with Gasteiger partial charge in [0.25, 0.3) is 0 Å². The molecule has 2 heterocycles. The number of rotatable bonds is 3. The Morgan fingerprint density at radius 1 is 1.32 bits per heavy atom. The molecule has 0 bridgehead atoms. The van der Waals surface area contributed by atoms with Crippen LogP contribution in [0.5, 0.6) is 0 Å². The Labute approximate surface area is 115 Å². The first kappa shape index (κ1) is 13.1. The van der Waals surface area contributed by atoms with Gasteiger partial charge < -0.3 is 14.7 Å². The lowest BCUT2D eigenvalue weighted by molar-refractivity contribution is 0.00292. The molecule has 0 amide bonds. The number of fused-ring (bicyclic) bond motifs is 1. The Morgan fingerprint density at radius 2 is 2.21 bits per heavy atom. The number of aliphatic hydroxyl groups excluding tert-OH is 1. The fourth-order valence-corrected chi connectivity index (χ4v) is 3.33. The Bertz CT molecular complexity index is 421. The average Bonchev–Trinajstić information content (AvgIpc) is 2.48. The summed E-state index contributed by atoms with van der Waals surface area (Å²) in [5.74, 6) is 0.451. The van der Waals surface area contributed by atoms with E-state index in [9.17, 15) is 5.11 Å². The number of hydrogen-bond donors (Lipinski definition) is 1. The molecule has 0 spiro atoms. The number of benzene rings is 1. The monoisotopic (exact) mass is 261 g/mol. The Hall–Kier alpha value is -0.900. The second-order valence-corrected chi connectivity index (χ2v) is 5.76. The average molecular weight is 261 g/mol. The fraction of sp³-hybridized carbons (Fsp3) is 0.625. The van der Waals surface area contributed by atoms with Gasteiger partial charge in [0.05, 0.1) is 12.7 Å². The largest absolute Gasteiger partial charge is 0.396 e. The van der Waals surface area contributed by atoms with Crippen LogP contribution in [0, 0.1) is 5.92 Å². The van der Waals surface area contributed by atoms with Crippen molar-refractivity contribution in [2.45, 2.75) is 25.4 Å². The van der Waals surface area contributed by atoms with Crippen molar-refractivity contribution in [3.63, 3.8) is 0 Å². The molecule has 19 heavy (non-hydrogen) atoms. The molecule has 2 aliphatic rings. The molecule has 0 aromatic heterocycles. The van der Waals surface area contributed by atoms with Crippen LogP contribution in [0.15, 0.2) is 24.3 Å². The van der Waals surface area contributed by atoms with Crippen LogP contribution in [0.4, 0.5) is 0 Å². The topological polar surface area (TPSA) is 32.7 Å². The van der Waals surface area contributed by atoms with Gasteiger partial charge in [0, 0.05) is 19.7 Å². The van der Waals surface area contributed by atoms with Crippen LogP contribution in [0.3, 0.4) is 0 Å². The summed E-state index contributed by atoms with van der Waals surface area (Å²) in [6, 6.07) is 8.64. The van der Waals surface area contributed by atoms with E-state index in [-0.39, 0.29) is 6.10 Å². The van der Waals surface area contributed by atoms with Crippen LogP contribution in [0.1, 0.15) is 30.1 Å². The number of aliphatic hydroxyl groups is 1. The lowest BCUT2D eigenvalue weighted by Crippen LogP contribution is -2.40. The Kier molecular flexibility index (Phi) is 4.16. The van der Waals surface area contributed by atoms with E-state index >= 15 is 0 Å². The third-order valence-corrected chi connectivity index (χ3v) is 4.38. The second-order valence-electron chi connectivity index (χ2n) is 5.76. The highest BCUT2D eigenvalue weighted by atomic mass is 16.5. The van der Waals surface area contributed by atoms with Gasteiger partial charge in [-0.2, -0.15) is 0 Å². The highest BCUT2D eigenvalue weighted by molar-refractivity contribution is 5.31. The first-order valence-electron chi connectivity index (χ1n) is 7.39. The summed E-state index contributed by atoms with van der Waals surface area (Å²) < 4.78 is 5.97. The van der Waals surface area contributed by atoms with Crippen LogP contribution in [-0.4, -0.2) is 42.9 Å². The highest BCUT2D eigenvalue weighted by Crippen LogP contribution is 2.29. The zero-order valence-electron chi connectivity index (χ0n) is 11.4. The van der Waals surface area contributed by atoms with E-state index in [2.05, 4.69) is 29.2 Å². The van der Waals surface area contributed by atoms with Crippen LogP contribution < -0.4 is 0 Å². The summed E-state index contributed by atoms with van der Waals surface area (Å²) >= 11 is 0. The fourth-order valence-electron chi connectivity index (χ4n) is 3.33. The van der Waals surface area contributed by atoms with Gasteiger partial charge in [-0.15, -0.1) is 0 Å². The molecule has 1 N–H and O–H groups in total. The maximum atomic E-state index is 9.31. The molecule has 2 unspecified atom stereocenters. The van der Waals surface area contributed by atoms with Gasteiger partial charge in [-0.3, -0.25) is 0 Å². The highest BCUT2D eigenvalue weighted by Gasteiger charge is 2.26. The van der Waals surface area contributed by atoms with Crippen molar-refractivity contribution in [2.75, 3.05) is 32.8 Å². The van der Waals surface area contributed by atoms with Crippen LogP contribution in [0.25, 0.3) is 0 Å². The van der Waals surface area contributed by atoms with E-state index in [1.54, 1.807) is 0 Å². The minimum Gasteiger partial charge on any atom is -0.396 e. The molecule has 1 fully saturated rings. The summed E-state index contributed by atoms with van der Waals surface area (Å²) in [5, 5.41) is 9.31. The summed E-state index contributed by atoms with van der Waals surface area (Å²) in [6.45, 7) is 4.27. The maximum absolute atomic E-state index is 9.31. The standard InChI is InChI=1S/C16H23NO2/c18-12-13-4-3-8-17(10-13)11-16-15-6-2-1-5-14(15)7-9-19-16/h1-2,5-6,13,16,18H,3-4,7-12H2. The van der Waals surface area contributed by atoms with Crippen molar-refractivity contribution in [1.82, 2.24) is 4.90 Å². The summed E-state index contributed by atoms with van der Waals surface area (Å²) in [5.41, 5.74) is 2.80. The number of ether oxygens (including phenoxy) is 1. The van der Waals surface area contributed by atoms with E-state index in [0.717, 1.165) is 39.1 Å². The molecule has 3 heteroatoms. The van der Waals surface area contributed by atoms with Crippen molar-refractivity contribution in [3.8, 4) is 0 Å². The predicted molar refractivity (Wildman–Crippen MR) is 75.1 cm³/mol. The van der Waals surface area contributed by atoms with Crippen molar-refractivity contribution in [2.24, 2.45) is 5.92 Å². The van der Waals surface area contributed by atoms with E-state index in [1.165, 1.54) is 17.5 Å². The van der Waals surface area contributed by atoms with E-state index in [0.29, 0.717) is 12.5 Å². The van der Waals surface area contributed by atoms with Crippen molar-refractivity contribution >= 4 is 0 Å². The van der Waals surface area contributed by atoms with Crippen LogP contribution >= 0.6 is 0 Å². The molecular formula is C16H23NO2. The maximum Gasteiger partial charge on any atom is 0.0954 e. The van der Waals surface area contributed by atoms with Gasteiger partial charge in [-0.05, 0) is 42.9 Å². The molecule has 1 aromatic rings. The van der Waals surface area contributed by atoms with E-state index in [1.807, 2.05) is 0 Å². The molecule has 1 aromatic carbocycles.